The van der Waals surface area contributed by atoms with E-state index in [9.17, 15) is 4.79 Å². The lowest BCUT2D eigenvalue weighted by Gasteiger charge is -2.09. The Hall–Kier alpha value is -0.770. The van der Waals surface area contributed by atoms with Crippen molar-refractivity contribution in [2.45, 2.75) is 80.4 Å². The van der Waals surface area contributed by atoms with E-state index in [2.05, 4.69) is 41.5 Å². The average molecular weight is 304 g/mol. The van der Waals surface area contributed by atoms with Crippen LogP contribution in [-0.2, 0) is 14.2 Å². The van der Waals surface area contributed by atoms with Gasteiger partial charge < -0.3 is 14.2 Å². The summed E-state index contributed by atoms with van der Waals surface area (Å²) in [5.41, 5.74) is 0. The molecule has 0 saturated carbocycles. The second kappa shape index (κ2) is 14.2. The van der Waals surface area contributed by atoms with Crippen LogP contribution in [0.3, 0.4) is 0 Å². The summed E-state index contributed by atoms with van der Waals surface area (Å²) >= 11 is 0. The minimum Gasteiger partial charge on any atom is -0.434 e. The molecule has 0 bridgehead atoms. The Morgan fingerprint density at radius 1 is 0.762 bits per heavy atom. The van der Waals surface area contributed by atoms with Crippen molar-refractivity contribution >= 4 is 6.16 Å². The fraction of sp³-hybridized carbons (Fsp3) is 0.941. The van der Waals surface area contributed by atoms with Gasteiger partial charge in [-0.3, -0.25) is 0 Å². The monoisotopic (exact) mass is 304 g/mol. The highest BCUT2D eigenvalue weighted by Gasteiger charge is 2.05. The lowest BCUT2D eigenvalue weighted by atomic mass is 10.1. The summed E-state index contributed by atoms with van der Waals surface area (Å²) in [5, 5.41) is 0. The first-order valence-electron chi connectivity index (χ1n) is 8.10. The van der Waals surface area contributed by atoms with Crippen LogP contribution in [0.2, 0.25) is 0 Å². The minimum atomic E-state index is -0.564. The molecule has 0 aromatic rings. The van der Waals surface area contributed by atoms with Crippen molar-refractivity contribution in [1.82, 2.24) is 0 Å². The van der Waals surface area contributed by atoms with E-state index in [-0.39, 0.29) is 6.10 Å². The molecular weight excluding hydrogens is 268 g/mol. The Balaban J connectivity index is 0. The fourth-order valence-corrected chi connectivity index (χ4v) is 1.14. The first kappa shape index (κ1) is 22.5. The minimum absolute atomic E-state index is 0.100. The second-order valence-electron chi connectivity index (χ2n) is 6.55. The highest BCUT2D eigenvalue weighted by molar-refractivity contribution is 5.59. The molecule has 0 aromatic carbocycles. The van der Waals surface area contributed by atoms with E-state index in [0.29, 0.717) is 18.6 Å². The number of rotatable bonds is 8. The van der Waals surface area contributed by atoms with Crippen molar-refractivity contribution in [3.63, 3.8) is 0 Å². The summed E-state index contributed by atoms with van der Waals surface area (Å²) in [6, 6.07) is 0. The van der Waals surface area contributed by atoms with Crippen molar-refractivity contribution in [3.05, 3.63) is 0 Å². The quantitative estimate of drug-likeness (QED) is 0.588. The third-order valence-electron chi connectivity index (χ3n) is 2.39. The number of ether oxygens (including phenoxy) is 3. The number of carbonyl (C=O) groups is 1. The number of hydrogen-bond acceptors (Lipinski definition) is 4. The molecule has 0 saturated heterocycles. The van der Waals surface area contributed by atoms with Crippen LogP contribution < -0.4 is 0 Å². The maximum absolute atomic E-state index is 10.8. The standard InChI is InChI=1S/C9H18O3.C8H18O/c1-7(2)5-6-11-9(10)12-8(3)4;1-7(2)5-6-9-8(3)4/h7-8H,5-6H2,1-4H3;7-8H,5-6H2,1-4H3. The molecule has 0 rings (SSSR count). The molecule has 0 aromatic heterocycles. The normalized spacial score (nSPS) is 10.9. The molecule has 0 aliphatic heterocycles. The van der Waals surface area contributed by atoms with Gasteiger partial charge in [0.25, 0.3) is 0 Å². The Morgan fingerprint density at radius 3 is 1.62 bits per heavy atom. The van der Waals surface area contributed by atoms with Crippen LogP contribution in [0.15, 0.2) is 0 Å². The molecule has 4 nitrogen and oxygen atoms in total. The summed E-state index contributed by atoms with van der Waals surface area (Å²) in [4.78, 5) is 10.8. The number of hydrogen-bond donors (Lipinski definition) is 0. The molecule has 0 heterocycles. The summed E-state index contributed by atoms with van der Waals surface area (Å²) in [5.74, 6) is 1.32. The molecule has 128 valence electrons. The SMILES string of the molecule is CC(C)CCOC(=O)OC(C)C.CC(C)CCOC(C)C. The van der Waals surface area contributed by atoms with Gasteiger partial charge in [-0.25, -0.2) is 4.79 Å². The largest absolute Gasteiger partial charge is 0.508 e. The van der Waals surface area contributed by atoms with Gasteiger partial charge in [-0.05, 0) is 52.4 Å². The molecule has 0 fully saturated rings. The molecular formula is C17H36O4. The maximum Gasteiger partial charge on any atom is 0.508 e. The zero-order chi connectivity index (χ0) is 16.8. The van der Waals surface area contributed by atoms with Gasteiger partial charge in [0.15, 0.2) is 0 Å². The summed E-state index contributed by atoms with van der Waals surface area (Å²) in [7, 11) is 0. The first-order chi connectivity index (χ1) is 9.65. The van der Waals surface area contributed by atoms with Crippen LogP contribution in [-0.4, -0.2) is 31.6 Å². The van der Waals surface area contributed by atoms with Gasteiger partial charge in [-0.15, -0.1) is 0 Å². The van der Waals surface area contributed by atoms with Gasteiger partial charge in [0.2, 0.25) is 0 Å². The third-order valence-corrected chi connectivity index (χ3v) is 2.39. The molecule has 0 spiro atoms. The molecule has 0 amide bonds. The van der Waals surface area contributed by atoms with Gasteiger partial charge in [-0.1, -0.05) is 27.7 Å². The molecule has 0 atom stereocenters. The van der Waals surface area contributed by atoms with Crippen LogP contribution in [0.4, 0.5) is 4.79 Å². The van der Waals surface area contributed by atoms with E-state index in [1.54, 1.807) is 13.8 Å². The van der Waals surface area contributed by atoms with Crippen molar-refractivity contribution in [3.8, 4) is 0 Å². The van der Waals surface area contributed by atoms with Crippen LogP contribution in [0.1, 0.15) is 68.2 Å². The average Bonchev–Trinajstić information content (AvgIpc) is 2.26. The van der Waals surface area contributed by atoms with E-state index in [1.807, 2.05) is 0 Å². The van der Waals surface area contributed by atoms with Gasteiger partial charge in [-0.2, -0.15) is 0 Å². The zero-order valence-electron chi connectivity index (χ0n) is 15.3. The Morgan fingerprint density at radius 2 is 1.24 bits per heavy atom. The van der Waals surface area contributed by atoms with Crippen molar-refractivity contribution < 1.29 is 19.0 Å². The maximum atomic E-state index is 10.8. The smallest absolute Gasteiger partial charge is 0.434 e. The lowest BCUT2D eigenvalue weighted by Crippen LogP contribution is -2.14. The van der Waals surface area contributed by atoms with Crippen molar-refractivity contribution in [2.75, 3.05) is 13.2 Å². The summed E-state index contributed by atoms with van der Waals surface area (Å²) in [6.07, 6.45) is 1.79. The van der Waals surface area contributed by atoms with Gasteiger partial charge >= 0.3 is 6.16 Å². The van der Waals surface area contributed by atoms with Crippen LogP contribution in [0.25, 0.3) is 0 Å². The molecule has 0 unspecified atom stereocenters. The highest BCUT2D eigenvalue weighted by Crippen LogP contribution is 2.01. The van der Waals surface area contributed by atoms with Crippen LogP contribution in [0.5, 0.6) is 0 Å². The predicted octanol–water partition coefficient (Wildman–Crippen LogP) is 5.05. The molecule has 4 heteroatoms. The van der Waals surface area contributed by atoms with E-state index in [1.165, 1.54) is 6.42 Å². The summed E-state index contributed by atoms with van der Waals surface area (Å²) < 4.78 is 14.9. The molecule has 0 aliphatic rings. The second-order valence-corrected chi connectivity index (χ2v) is 6.55. The van der Waals surface area contributed by atoms with Gasteiger partial charge in [0, 0.05) is 6.61 Å². The summed E-state index contributed by atoms with van der Waals surface area (Å²) in [6.45, 7) is 17.7. The lowest BCUT2D eigenvalue weighted by molar-refractivity contribution is 0.0323. The molecule has 0 N–H and O–H groups in total. The Labute approximate surface area is 131 Å². The van der Waals surface area contributed by atoms with E-state index in [4.69, 9.17) is 14.2 Å². The van der Waals surface area contributed by atoms with Gasteiger partial charge in [0.1, 0.15) is 0 Å². The molecule has 0 radical (unpaired) electrons. The zero-order valence-corrected chi connectivity index (χ0v) is 15.3. The first-order valence-corrected chi connectivity index (χ1v) is 8.10. The van der Waals surface area contributed by atoms with E-state index < -0.39 is 6.16 Å². The van der Waals surface area contributed by atoms with E-state index in [0.717, 1.165) is 18.9 Å². The van der Waals surface area contributed by atoms with E-state index >= 15 is 0 Å². The highest BCUT2D eigenvalue weighted by atomic mass is 16.7. The van der Waals surface area contributed by atoms with Gasteiger partial charge in [0.05, 0.1) is 18.8 Å². The Kier molecular flexibility index (Phi) is 15.2. The third kappa shape index (κ3) is 24.6. The number of carbonyl (C=O) groups excluding carboxylic acids is 1. The van der Waals surface area contributed by atoms with Crippen LogP contribution in [0, 0.1) is 11.8 Å². The predicted molar refractivity (Wildman–Crippen MR) is 87.6 cm³/mol. The molecule has 21 heavy (non-hydrogen) atoms. The topological polar surface area (TPSA) is 44.8 Å². The Bertz CT molecular complexity index is 227. The van der Waals surface area contributed by atoms with Crippen LogP contribution >= 0.6 is 0 Å². The fourth-order valence-electron chi connectivity index (χ4n) is 1.14. The van der Waals surface area contributed by atoms with Crippen molar-refractivity contribution in [2.24, 2.45) is 11.8 Å². The molecule has 0 aliphatic carbocycles. The van der Waals surface area contributed by atoms with Crippen molar-refractivity contribution in [1.29, 1.82) is 0 Å².